The molecule has 1 aliphatic rings. The zero-order valence-electron chi connectivity index (χ0n) is 12.4. The summed E-state index contributed by atoms with van der Waals surface area (Å²) in [6.07, 6.45) is 9.44. The van der Waals surface area contributed by atoms with Gasteiger partial charge in [0.05, 0.1) is 11.4 Å². The Kier molecular flexibility index (Phi) is 7.03. The Labute approximate surface area is 140 Å². The Hall–Kier alpha value is -1.22. The Morgan fingerprint density at radius 3 is 2.71 bits per heavy atom. The van der Waals surface area contributed by atoms with Crippen molar-refractivity contribution in [3.63, 3.8) is 0 Å². The van der Waals surface area contributed by atoms with Gasteiger partial charge in [0.15, 0.2) is 5.17 Å². The summed E-state index contributed by atoms with van der Waals surface area (Å²) in [5.74, 6) is 5.68. The lowest BCUT2D eigenvalue weighted by Crippen LogP contribution is -2.32. The highest BCUT2D eigenvalue weighted by Crippen LogP contribution is 2.15. The Balaban J connectivity index is 2.83. The van der Waals surface area contributed by atoms with Gasteiger partial charge in [-0.05, 0) is 36.6 Å². The number of nitrogens with two attached hydrogens (primary N) is 1. The topological polar surface area (TPSA) is 57.2 Å². The van der Waals surface area contributed by atoms with E-state index < -0.39 is 0 Å². The first-order chi connectivity index (χ1) is 9.86. The van der Waals surface area contributed by atoms with E-state index in [2.05, 4.69) is 10.1 Å². The van der Waals surface area contributed by atoms with Crippen LogP contribution in [0.5, 0.6) is 0 Å². The predicted molar refractivity (Wildman–Crippen MR) is 98.8 cm³/mol. The summed E-state index contributed by atoms with van der Waals surface area (Å²) in [4.78, 5) is 4.53. The van der Waals surface area contributed by atoms with Crippen LogP contribution >= 0.6 is 24.0 Å². The van der Waals surface area contributed by atoms with Gasteiger partial charge in [0, 0.05) is 12.7 Å². The van der Waals surface area contributed by atoms with E-state index in [1.807, 2.05) is 51.5 Å². The predicted octanol–water partition coefficient (Wildman–Crippen LogP) is 2.38. The molecule has 0 unspecified atom stereocenters. The van der Waals surface area contributed by atoms with Crippen LogP contribution in [0.15, 0.2) is 45.8 Å². The fourth-order valence-electron chi connectivity index (χ4n) is 1.48. The number of aliphatic imine (C=N–C) groups is 1. The van der Waals surface area contributed by atoms with Gasteiger partial charge in [-0.3, -0.25) is 0 Å². The molecular formula is C13H18N5S3-. The first kappa shape index (κ1) is 17.8. The average molecular weight is 341 g/mol. The van der Waals surface area contributed by atoms with Crippen LogP contribution in [0.2, 0.25) is 0 Å². The van der Waals surface area contributed by atoms with Crippen molar-refractivity contribution in [1.82, 2.24) is 10.0 Å². The number of hydrazine groups is 1. The van der Waals surface area contributed by atoms with Crippen molar-refractivity contribution in [2.75, 3.05) is 13.3 Å². The Morgan fingerprint density at radius 1 is 1.48 bits per heavy atom. The molecule has 0 amide bonds. The number of amidine groups is 1. The summed E-state index contributed by atoms with van der Waals surface area (Å²) in [7, 11) is 1.88. The van der Waals surface area contributed by atoms with E-state index in [0.717, 1.165) is 22.3 Å². The number of thioether (sulfide) groups is 1. The monoisotopic (exact) mass is 340 g/mol. The summed E-state index contributed by atoms with van der Waals surface area (Å²) >= 11 is 11.2. The molecule has 21 heavy (non-hydrogen) atoms. The maximum absolute atomic E-state index is 5.68. The van der Waals surface area contributed by atoms with Crippen LogP contribution in [0.1, 0.15) is 13.8 Å². The molecule has 0 radical (unpaired) electrons. The molecule has 0 aliphatic carbocycles. The maximum Gasteiger partial charge on any atom is 0.184 e. The minimum Gasteiger partial charge on any atom is -0.409 e. The van der Waals surface area contributed by atoms with Crippen molar-refractivity contribution in [2.24, 2.45) is 15.9 Å². The highest BCUT2D eigenvalue weighted by Gasteiger charge is 2.13. The smallest absolute Gasteiger partial charge is 0.184 e. The van der Waals surface area contributed by atoms with Crippen molar-refractivity contribution < 1.29 is 0 Å². The lowest BCUT2D eigenvalue weighted by atomic mass is 10.2. The third kappa shape index (κ3) is 5.24. The molecule has 8 heteroatoms. The van der Waals surface area contributed by atoms with E-state index in [4.69, 9.17) is 30.7 Å². The Bertz CT molecular complexity index is 560. The number of allylic oxidation sites excluding steroid dienone is 6. The van der Waals surface area contributed by atoms with Gasteiger partial charge in [0.2, 0.25) is 0 Å². The van der Waals surface area contributed by atoms with Gasteiger partial charge in [-0.15, -0.1) is 0 Å². The lowest BCUT2D eigenvalue weighted by Gasteiger charge is -2.22. The molecule has 0 atom stereocenters. The second-order valence-electron chi connectivity index (χ2n) is 4.19. The van der Waals surface area contributed by atoms with Crippen LogP contribution in [0.3, 0.4) is 0 Å². The van der Waals surface area contributed by atoms with E-state index in [0.29, 0.717) is 0 Å². The van der Waals surface area contributed by atoms with E-state index in [-0.39, 0.29) is 4.32 Å². The van der Waals surface area contributed by atoms with Gasteiger partial charge >= 0.3 is 0 Å². The highest BCUT2D eigenvalue weighted by atomic mass is 32.2. The van der Waals surface area contributed by atoms with Gasteiger partial charge in [-0.25, -0.2) is 15.8 Å². The van der Waals surface area contributed by atoms with Crippen molar-refractivity contribution in [1.29, 1.82) is 0 Å². The summed E-state index contributed by atoms with van der Waals surface area (Å²) in [6, 6.07) is 0. The zero-order chi connectivity index (χ0) is 16.0. The van der Waals surface area contributed by atoms with Gasteiger partial charge < -0.3 is 29.9 Å². The van der Waals surface area contributed by atoms with Crippen LogP contribution in [0, 0.1) is 0 Å². The first-order valence-electron chi connectivity index (χ1n) is 6.10. The number of nitrogens with zero attached hydrogens (tertiary/aromatic N) is 4. The van der Waals surface area contributed by atoms with Gasteiger partial charge in [-0.2, -0.15) is 5.10 Å². The minimum atomic E-state index is 0.211. The zero-order valence-corrected chi connectivity index (χ0v) is 14.8. The number of rotatable bonds is 3. The molecule has 5 nitrogen and oxygen atoms in total. The van der Waals surface area contributed by atoms with Gasteiger partial charge in [-0.1, -0.05) is 23.9 Å². The molecule has 0 spiro atoms. The molecule has 0 fully saturated rings. The molecular weight excluding hydrogens is 322 g/mol. The number of thiocarbonyl (C=S) groups is 1. The van der Waals surface area contributed by atoms with Crippen molar-refractivity contribution >= 4 is 51.8 Å². The minimum absolute atomic E-state index is 0.211. The van der Waals surface area contributed by atoms with Crippen molar-refractivity contribution in [3.05, 3.63) is 35.7 Å². The molecule has 0 aromatic heterocycles. The third-order valence-corrected chi connectivity index (χ3v) is 3.74. The van der Waals surface area contributed by atoms with Crippen LogP contribution < -0.4 is 5.84 Å². The molecule has 114 valence electrons. The SMILES string of the molecule is CSC1=N/C(=C/C=C/C=C(/C)N(N)C(=S)[S-])C(C)=NN1C. The quantitative estimate of drug-likeness (QED) is 0.280. The normalized spacial score (nSPS) is 18.0. The summed E-state index contributed by atoms with van der Waals surface area (Å²) < 4.78 is 0.211. The highest BCUT2D eigenvalue weighted by molar-refractivity contribution is 8.13. The van der Waals surface area contributed by atoms with Gasteiger partial charge in [0.25, 0.3) is 0 Å². The van der Waals surface area contributed by atoms with E-state index in [1.165, 1.54) is 5.01 Å². The fourth-order valence-corrected chi connectivity index (χ4v) is 2.26. The molecule has 0 saturated heterocycles. The summed E-state index contributed by atoms with van der Waals surface area (Å²) in [5, 5.41) is 8.31. The maximum atomic E-state index is 5.68. The molecule has 1 heterocycles. The van der Waals surface area contributed by atoms with Crippen molar-refractivity contribution in [3.8, 4) is 0 Å². The standard InChI is InChI=1S/C13H19N5S3/c1-9(18(14)13(19)20)7-5-6-8-11-10(2)16-17(3)12(15-11)21-4/h5-8H,14H2,1-4H3,(H,19,20)/p-1/b6-5+,9-7-,11-8+. The molecule has 0 bridgehead atoms. The largest absolute Gasteiger partial charge is 0.409 e. The lowest BCUT2D eigenvalue weighted by molar-refractivity contribution is 0.549. The average Bonchev–Trinajstić information content (AvgIpc) is 2.44. The molecule has 0 aromatic carbocycles. The third-order valence-electron chi connectivity index (χ3n) is 2.63. The number of hydrogen-bond donors (Lipinski definition) is 1. The second kappa shape index (κ2) is 8.28. The molecule has 2 N–H and O–H groups in total. The molecule has 1 rings (SSSR count). The fraction of sp³-hybridized carbons (Fsp3) is 0.308. The van der Waals surface area contributed by atoms with Crippen LogP contribution in [0.25, 0.3) is 0 Å². The van der Waals surface area contributed by atoms with Gasteiger partial charge in [0.1, 0.15) is 0 Å². The van der Waals surface area contributed by atoms with Crippen LogP contribution in [0.4, 0.5) is 0 Å². The van der Waals surface area contributed by atoms with E-state index >= 15 is 0 Å². The Morgan fingerprint density at radius 2 is 2.14 bits per heavy atom. The number of hydrogen-bond acceptors (Lipinski definition) is 7. The van der Waals surface area contributed by atoms with Crippen LogP contribution in [-0.2, 0) is 12.6 Å². The van der Waals surface area contributed by atoms with E-state index in [1.54, 1.807) is 16.8 Å². The summed E-state index contributed by atoms with van der Waals surface area (Å²) in [6.45, 7) is 3.76. The molecule has 1 aliphatic heterocycles. The molecule has 0 aromatic rings. The summed E-state index contributed by atoms with van der Waals surface area (Å²) in [5.41, 5.74) is 2.47. The second-order valence-corrected chi connectivity index (χ2v) is 5.99. The van der Waals surface area contributed by atoms with Crippen molar-refractivity contribution in [2.45, 2.75) is 13.8 Å². The van der Waals surface area contributed by atoms with E-state index in [9.17, 15) is 0 Å². The first-order valence-corrected chi connectivity index (χ1v) is 8.14. The van der Waals surface area contributed by atoms with Crippen LogP contribution in [-0.4, -0.2) is 38.5 Å². The molecule has 0 saturated carbocycles. The number of hydrazone groups is 1.